The molecule has 84 valence electrons. The number of hydrogen-bond donors (Lipinski definition) is 1. The third kappa shape index (κ3) is 4.19. The molecule has 0 radical (unpaired) electrons. The molecule has 1 rings (SSSR count). The molecular weight excluding hydrogens is 186 g/mol. The van der Waals surface area contributed by atoms with Gasteiger partial charge in [0, 0.05) is 20.6 Å². The molecule has 0 aliphatic rings. The van der Waals surface area contributed by atoms with Crippen molar-refractivity contribution in [2.45, 2.75) is 20.8 Å². The van der Waals surface area contributed by atoms with E-state index < -0.39 is 0 Å². The maximum Gasteiger partial charge on any atom is 0.130 e. The monoisotopic (exact) mass is 207 g/mol. The van der Waals surface area contributed by atoms with Crippen molar-refractivity contribution in [3.05, 3.63) is 18.2 Å². The number of anilines is 2. The fourth-order valence-electron chi connectivity index (χ4n) is 1.13. The molecule has 1 aromatic heterocycles. The third-order valence-electron chi connectivity index (χ3n) is 1.99. The van der Waals surface area contributed by atoms with Gasteiger partial charge in [-0.15, -0.1) is 0 Å². The van der Waals surface area contributed by atoms with Gasteiger partial charge in [-0.2, -0.15) is 0 Å². The highest BCUT2D eigenvalue weighted by Gasteiger charge is 2.09. The van der Waals surface area contributed by atoms with Gasteiger partial charge < -0.3 is 10.2 Å². The van der Waals surface area contributed by atoms with Gasteiger partial charge in [0.2, 0.25) is 0 Å². The van der Waals surface area contributed by atoms with E-state index in [1.165, 1.54) is 0 Å². The molecule has 0 saturated heterocycles. The van der Waals surface area contributed by atoms with Crippen LogP contribution in [0.1, 0.15) is 20.8 Å². The number of pyridine rings is 1. The molecule has 1 N–H and O–H groups in total. The average Bonchev–Trinajstić information content (AvgIpc) is 2.14. The molecule has 1 aromatic rings. The van der Waals surface area contributed by atoms with Crippen molar-refractivity contribution in [3.63, 3.8) is 0 Å². The minimum absolute atomic E-state index is 0.274. The molecule has 0 aliphatic carbocycles. The Labute approximate surface area is 92.5 Å². The largest absolute Gasteiger partial charge is 0.369 e. The van der Waals surface area contributed by atoms with Gasteiger partial charge in [-0.1, -0.05) is 26.8 Å². The van der Waals surface area contributed by atoms with Gasteiger partial charge in [-0.05, 0) is 17.5 Å². The van der Waals surface area contributed by atoms with Gasteiger partial charge in [0.05, 0.1) is 0 Å². The number of nitrogens with zero attached hydrogens (tertiary/aromatic N) is 2. The van der Waals surface area contributed by atoms with Crippen molar-refractivity contribution in [2.24, 2.45) is 5.41 Å². The SMILES string of the molecule is CN(C)c1cccc(NCC(C)(C)C)n1. The van der Waals surface area contributed by atoms with Gasteiger partial charge in [0.1, 0.15) is 11.6 Å². The molecular formula is C12H21N3. The number of hydrogen-bond acceptors (Lipinski definition) is 3. The molecule has 15 heavy (non-hydrogen) atoms. The summed E-state index contributed by atoms with van der Waals surface area (Å²) in [5.74, 6) is 1.92. The van der Waals surface area contributed by atoms with Gasteiger partial charge in [0.25, 0.3) is 0 Å². The van der Waals surface area contributed by atoms with E-state index in [0.717, 1.165) is 18.2 Å². The fourth-order valence-corrected chi connectivity index (χ4v) is 1.13. The second kappa shape index (κ2) is 4.51. The predicted octanol–water partition coefficient (Wildman–Crippen LogP) is 2.61. The molecule has 0 amide bonds. The Morgan fingerprint density at radius 2 is 1.93 bits per heavy atom. The summed E-state index contributed by atoms with van der Waals surface area (Å²) in [6, 6.07) is 6.02. The summed E-state index contributed by atoms with van der Waals surface area (Å²) < 4.78 is 0. The quantitative estimate of drug-likeness (QED) is 0.825. The van der Waals surface area contributed by atoms with Crippen molar-refractivity contribution in [2.75, 3.05) is 30.9 Å². The molecule has 1 heterocycles. The van der Waals surface area contributed by atoms with Gasteiger partial charge in [-0.3, -0.25) is 0 Å². The zero-order valence-corrected chi connectivity index (χ0v) is 10.3. The van der Waals surface area contributed by atoms with E-state index in [4.69, 9.17) is 0 Å². The summed E-state index contributed by atoms with van der Waals surface area (Å²) in [5, 5.41) is 3.34. The number of aromatic nitrogens is 1. The summed E-state index contributed by atoms with van der Waals surface area (Å²) >= 11 is 0. The average molecular weight is 207 g/mol. The van der Waals surface area contributed by atoms with Crippen LogP contribution in [-0.4, -0.2) is 25.6 Å². The lowest BCUT2D eigenvalue weighted by Gasteiger charge is -2.20. The number of rotatable bonds is 3. The zero-order chi connectivity index (χ0) is 11.5. The van der Waals surface area contributed by atoms with E-state index in [1.807, 2.05) is 37.2 Å². The van der Waals surface area contributed by atoms with Gasteiger partial charge in [0.15, 0.2) is 0 Å². The summed E-state index contributed by atoms with van der Waals surface area (Å²) in [4.78, 5) is 6.49. The van der Waals surface area contributed by atoms with Gasteiger partial charge in [-0.25, -0.2) is 4.98 Å². The zero-order valence-electron chi connectivity index (χ0n) is 10.3. The van der Waals surface area contributed by atoms with Crippen LogP contribution in [0.4, 0.5) is 11.6 Å². The van der Waals surface area contributed by atoms with E-state index in [-0.39, 0.29) is 5.41 Å². The Hall–Kier alpha value is -1.25. The second-order valence-corrected chi connectivity index (χ2v) is 5.19. The van der Waals surface area contributed by atoms with Crippen molar-refractivity contribution in [1.82, 2.24) is 4.98 Å². The van der Waals surface area contributed by atoms with Crippen LogP contribution in [-0.2, 0) is 0 Å². The maximum absolute atomic E-state index is 4.49. The summed E-state index contributed by atoms with van der Waals surface area (Å²) in [5.41, 5.74) is 0.274. The first-order valence-electron chi connectivity index (χ1n) is 5.27. The molecule has 0 aromatic carbocycles. The topological polar surface area (TPSA) is 28.2 Å². The Morgan fingerprint density at radius 3 is 2.47 bits per heavy atom. The Morgan fingerprint density at radius 1 is 1.27 bits per heavy atom. The van der Waals surface area contributed by atoms with Crippen molar-refractivity contribution in [1.29, 1.82) is 0 Å². The molecule has 0 spiro atoms. The molecule has 0 aliphatic heterocycles. The first kappa shape index (κ1) is 11.8. The highest BCUT2D eigenvalue weighted by atomic mass is 15.2. The minimum Gasteiger partial charge on any atom is -0.369 e. The van der Waals surface area contributed by atoms with Gasteiger partial charge >= 0.3 is 0 Å². The van der Waals surface area contributed by atoms with Crippen molar-refractivity contribution < 1.29 is 0 Å². The van der Waals surface area contributed by atoms with E-state index in [1.54, 1.807) is 0 Å². The highest BCUT2D eigenvalue weighted by Crippen LogP contribution is 2.16. The van der Waals surface area contributed by atoms with Crippen LogP contribution in [0.5, 0.6) is 0 Å². The molecule has 3 heteroatoms. The minimum atomic E-state index is 0.274. The van der Waals surface area contributed by atoms with Crippen LogP contribution in [0.2, 0.25) is 0 Å². The van der Waals surface area contributed by atoms with E-state index in [0.29, 0.717) is 0 Å². The Kier molecular flexibility index (Phi) is 3.56. The summed E-state index contributed by atoms with van der Waals surface area (Å²) in [6.45, 7) is 7.54. The standard InChI is InChI=1S/C12H21N3/c1-12(2,3)9-13-10-7-6-8-11(14-10)15(4)5/h6-8H,9H2,1-5H3,(H,13,14). The van der Waals surface area contributed by atoms with E-state index >= 15 is 0 Å². The summed E-state index contributed by atoms with van der Waals surface area (Å²) in [6.07, 6.45) is 0. The van der Waals surface area contributed by atoms with E-state index in [2.05, 4.69) is 31.1 Å². The molecule has 0 fully saturated rings. The number of nitrogens with one attached hydrogen (secondary N) is 1. The van der Waals surface area contributed by atoms with Crippen LogP contribution < -0.4 is 10.2 Å². The lowest BCUT2D eigenvalue weighted by Crippen LogP contribution is -2.20. The van der Waals surface area contributed by atoms with Crippen molar-refractivity contribution in [3.8, 4) is 0 Å². The third-order valence-corrected chi connectivity index (χ3v) is 1.99. The second-order valence-electron chi connectivity index (χ2n) is 5.19. The van der Waals surface area contributed by atoms with Crippen LogP contribution in [0.15, 0.2) is 18.2 Å². The van der Waals surface area contributed by atoms with Crippen LogP contribution in [0, 0.1) is 5.41 Å². The Bertz CT molecular complexity index is 313. The molecule has 0 unspecified atom stereocenters. The smallest absolute Gasteiger partial charge is 0.130 e. The molecule has 0 bridgehead atoms. The maximum atomic E-state index is 4.49. The molecule has 0 saturated carbocycles. The lowest BCUT2D eigenvalue weighted by atomic mass is 9.97. The lowest BCUT2D eigenvalue weighted by molar-refractivity contribution is 0.442. The van der Waals surface area contributed by atoms with Crippen molar-refractivity contribution >= 4 is 11.6 Å². The first-order chi connectivity index (χ1) is 6.88. The van der Waals surface area contributed by atoms with Crippen LogP contribution in [0.3, 0.4) is 0 Å². The normalized spacial score (nSPS) is 11.3. The Balaban J connectivity index is 2.66. The molecule has 0 atom stereocenters. The fraction of sp³-hybridized carbons (Fsp3) is 0.583. The predicted molar refractivity (Wildman–Crippen MR) is 66.5 cm³/mol. The molecule has 3 nitrogen and oxygen atoms in total. The summed E-state index contributed by atoms with van der Waals surface area (Å²) in [7, 11) is 3.99. The first-order valence-corrected chi connectivity index (χ1v) is 5.27. The van der Waals surface area contributed by atoms with Crippen LogP contribution >= 0.6 is 0 Å². The van der Waals surface area contributed by atoms with E-state index in [9.17, 15) is 0 Å². The van der Waals surface area contributed by atoms with Crippen LogP contribution in [0.25, 0.3) is 0 Å². The highest BCUT2D eigenvalue weighted by molar-refractivity contribution is 5.46.